The highest BCUT2D eigenvalue weighted by molar-refractivity contribution is 7.98. The van der Waals surface area contributed by atoms with E-state index in [-0.39, 0.29) is 40.7 Å². The lowest BCUT2D eigenvalue weighted by Gasteiger charge is -2.51. The minimum atomic E-state index is -0.900. The van der Waals surface area contributed by atoms with E-state index in [9.17, 15) is 14.0 Å². The topological polar surface area (TPSA) is 64.0 Å². The van der Waals surface area contributed by atoms with Crippen LogP contribution < -0.4 is 15.2 Å². The van der Waals surface area contributed by atoms with Gasteiger partial charge in [-0.05, 0) is 29.7 Å². The number of carbonyl (C=O) groups excluding carboxylic acids is 1. The van der Waals surface area contributed by atoms with Crippen LogP contribution in [-0.2, 0) is 10.5 Å². The number of aromatic nitrogens is 1. The molecule has 7 nitrogen and oxygen atoms in total. The smallest absolute Gasteiger partial charge is 0.278 e. The molecule has 10 heteroatoms. The summed E-state index contributed by atoms with van der Waals surface area (Å²) in [7, 11) is 0. The van der Waals surface area contributed by atoms with Crippen molar-refractivity contribution in [2.24, 2.45) is 0 Å². The molecule has 1 amide bonds. The standard InChI is InChI=1S/C30H31F2N3O4S/c1-2-3-4-7-15-39-29-23(36)12-13-34-28(29)30(37)33-14-16-38-17-25(33)35(34)27-19-10-11-22(31)26(32)21(19)18-40-24-9-6-5-8-20(24)27/h5-6,8-13,25,27H,2-4,7,14-18H2,1H3/t25-,27?/m1/s1. The average molecular weight is 568 g/mol. The molecule has 1 fully saturated rings. The van der Waals surface area contributed by atoms with Crippen LogP contribution in [0.25, 0.3) is 0 Å². The lowest BCUT2D eigenvalue weighted by Crippen LogP contribution is -2.66. The van der Waals surface area contributed by atoms with Gasteiger partial charge in [0.25, 0.3) is 5.91 Å². The quantitative estimate of drug-likeness (QED) is 0.365. The summed E-state index contributed by atoms with van der Waals surface area (Å²) < 4.78 is 43.3. The number of halogens is 2. The van der Waals surface area contributed by atoms with Crippen molar-refractivity contribution in [3.8, 4) is 5.75 Å². The van der Waals surface area contributed by atoms with Crippen molar-refractivity contribution in [1.29, 1.82) is 0 Å². The zero-order valence-electron chi connectivity index (χ0n) is 22.3. The number of ether oxygens (including phenoxy) is 2. The zero-order chi connectivity index (χ0) is 27.8. The number of hydrogen-bond donors (Lipinski definition) is 0. The summed E-state index contributed by atoms with van der Waals surface area (Å²) in [6.45, 7) is 3.34. The highest BCUT2D eigenvalue weighted by Crippen LogP contribution is 2.45. The van der Waals surface area contributed by atoms with E-state index in [1.807, 2.05) is 29.3 Å². The molecule has 2 atom stereocenters. The number of carbonyl (C=O) groups is 1. The summed E-state index contributed by atoms with van der Waals surface area (Å²) in [6, 6.07) is 11.3. The number of benzene rings is 2. The van der Waals surface area contributed by atoms with Crippen molar-refractivity contribution in [1.82, 2.24) is 9.58 Å². The molecule has 3 aromatic rings. The SMILES string of the molecule is CCCCCCOc1c2n(ccc1=O)N(C1c3ccccc3SCc3c1ccc(F)c3F)[C@@H]1COCCN1C2=O. The molecule has 1 saturated heterocycles. The average Bonchev–Trinajstić information content (AvgIpc) is 3.13. The van der Waals surface area contributed by atoms with E-state index in [0.717, 1.165) is 42.2 Å². The van der Waals surface area contributed by atoms with Gasteiger partial charge in [-0.1, -0.05) is 50.5 Å². The van der Waals surface area contributed by atoms with Crippen LogP contribution in [0.3, 0.4) is 0 Å². The number of fused-ring (bicyclic) bond motifs is 4. The van der Waals surface area contributed by atoms with Crippen molar-refractivity contribution in [3.05, 3.63) is 92.9 Å². The first-order valence-electron chi connectivity index (χ1n) is 13.8. The Morgan fingerprint density at radius 3 is 2.75 bits per heavy atom. The van der Waals surface area contributed by atoms with Gasteiger partial charge in [0.05, 0.1) is 25.9 Å². The third-order valence-electron chi connectivity index (χ3n) is 7.78. The van der Waals surface area contributed by atoms with Gasteiger partial charge in [0.15, 0.2) is 23.1 Å². The number of thioether (sulfide) groups is 1. The second-order valence-corrected chi connectivity index (χ2v) is 11.2. The van der Waals surface area contributed by atoms with Crippen LogP contribution in [-0.4, -0.2) is 48.0 Å². The van der Waals surface area contributed by atoms with Crippen LogP contribution in [0.1, 0.15) is 65.8 Å². The van der Waals surface area contributed by atoms with Crippen molar-refractivity contribution < 1.29 is 23.0 Å². The van der Waals surface area contributed by atoms with Crippen LogP contribution in [0.2, 0.25) is 0 Å². The minimum absolute atomic E-state index is 0.0146. The van der Waals surface area contributed by atoms with E-state index in [1.54, 1.807) is 21.8 Å². The molecule has 0 spiro atoms. The van der Waals surface area contributed by atoms with Gasteiger partial charge in [-0.15, -0.1) is 11.8 Å². The second-order valence-electron chi connectivity index (χ2n) is 10.2. The van der Waals surface area contributed by atoms with E-state index < -0.39 is 23.8 Å². The first kappa shape index (κ1) is 26.8. The highest BCUT2D eigenvalue weighted by atomic mass is 32.2. The summed E-state index contributed by atoms with van der Waals surface area (Å²) in [6.07, 6.45) is 4.90. The van der Waals surface area contributed by atoms with Gasteiger partial charge in [0.1, 0.15) is 6.17 Å². The molecule has 210 valence electrons. The number of rotatable bonds is 7. The summed E-state index contributed by atoms with van der Waals surface area (Å²) in [5.41, 5.74) is 1.54. The Balaban J connectivity index is 1.55. The van der Waals surface area contributed by atoms with Crippen LogP contribution in [0.15, 0.2) is 58.4 Å². The summed E-state index contributed by atoms with van der Waals surface area (Å²) >= 11 is 1.45. The van der Waals surface area contributed by atoms with E-state index in [4.69, 9.17) is 9.47 Å². The van der Waals surface area contributed by atoms with Gasteiger partial charge in [0.2, 0.25) is 5.43 Å². The van der Waals surface area contributed by atoms with Gasteiger partial charge in [-0.3, -0.25) is 19.3 Å². The Hall–Kier alpha value is -3.37. The van der Waals surface area contributed by atoms with Crippen LogP contribution >= 0.6 is 11.8 Å². The number of morpholine rings is 1. The first-order valence-corrected chi connectivity index (χ1v) is 14.7. The van der Waals surface area contributed by atoms with Gasteiger partial charge in [0, 0.05) is 35.0 Å². The van der Waals surface area contributed by atoms with E-state index >= 15 is 4.39 Å². The minimum Gasteiger partial charge on any atom is -0.487 e. The molecule has 40 heavy (non-hydrogen) atoms. The lowest BCUT2D eigenvalue weighted by atomic mass is 9.93. The third-order valence-corrected chi connectivity index (χ3v) is 8.89. The first-order chi connectivity index (χ1) is 19.5. The molecule has 6 rings (SSSR count). The summed E-state index contributed by atoms with van der Waals surface area (Å²) in [5.74, 6) is -1.81. The fraction of sp³-hybridized carbons (Fsp3) is 0.400. The maximum Gasteiger partial charge on any atom is 0.278 e. The van der Waals surface area contributed by atoms with Crippen molar-refractivity contribution in [3.63, 3.8) is 0 Å². The van der Waals surface area contributed by atoms with Gasteiger partial charge in [-0.2, -0.15) is 0 Å². The van der Waals surface area contributed by atoms with Gasteiger partial charge < -0.3 is 14.4 Å². The molecule has 1 unspecified atom stereocenters. The number of amides is 1. The van der Waals surface area contributed by atoms with Crippen molar-refractivity contribution in [2.45, 2.75) is 55.5 Å². The monoisotopic (exact) mass is 567 g/mol. The molecule has 4 heterocycles. The fourth-order valence-electron chi connectivity index (χ4n) is 5.81. The Kier molecular flexibility index (Phi) is 7.55. The highest BCUT2D eigenvalue weighted by Gasteiger charge is 2.46. The molecule has 0 bridgehead atoms. The Labute approximate surface area is 235 Å². The fourth-order valence-corrected chi connectivity index (χ4v) is 6.93. The summed E-state index contributed by atoms with van der Waals surface area (Å²) in [4.78, 5) is 29.6. The molecular weight excluding hydrogens is 536 g/mol. The third kappa shape index (κ3) is 4.56. The second kappa shape index (κ2) is 11.2. The van der Waals surface area contributed by atoms with Crippen LogP contribution in [0.4, 0.5) is 8.78 Å². The molecule has 1 aromatic heterocycles. The number of unbranched alkanes of at least 4 members (excludes halogenated alkanes) is 3. The molecule has 0 N–H and O–H groups in total. The van der Waals surface area contributed by atoms with Crippen molar-refractivity contribution in [2.75, 3.05) is 31.4 Å². The van der Waals surface area contributed by atoms with Crippen LogP contribution in [0, 0.1) is 11.6 Å². The normalized spacial score (nSPS) is 19.8. The van der Waals surface area contributed by atoms with E-state index in [1.165, 1.54) is 17.8 Å². The molecule has 2 aromatic carbocycles. The predicted octanol–water partition coefficient (Wildman–Crippen LogP) is 5.23. The molecule has 3 aliphatic rings. The lowest BCUT2D eigenvalue weighted by molar-refractivity contribution is -0.0198. The molecule has 0 radical (unpaired) electrons. The number of nitrogens with zero attached hydrogens (tertiary/aromatic N) is 3. The molecule has 3 aliphatic heterocycles. The van der Waals surface area contributed by atoms with Crippen molar-refractivity contribution >= 4 is 17.7 Å². The summed E-state index contributed by atoms with van der Waals surface area (Å²) in [5, 5.41) is 1.96. The van der Waals surface area contributed by atoms with E-state index in [2.05, 4.69) is 6.92 Å². The van der Waals surface area contributed by atoms with Gasteiger partial charge >= 0.3 is 0 Å². The van der Waals surface area contributed by atoms with E-state index in [0.29, 0.717) is 25.3 Å². The predicted molar refractivity (Wildman–Crippen MR) is 148 cm³/mol. The number of pyridine rings is 1. The maximum atomic E-state index is 15.3. The molecular formula is C30H31F2N3O4S. The number of hydrogen-bond acceptors (Lipinski definition) is 6. The Morgan fingerprint density at radius 2 is 1.90 bits per heavy atom. The Morgan fingerprint density at radius 1 is 1.05 bits per heavy atom. The molecule has 0 aliphatic carbocycles. The van der Waals surface area contributed by atoms with Crippen LogP contribution in [0.5, 0.6) is 5.75 Å². The largest absolute Gasteiger partial charge is 0.487 e. The molecule has 0 saturated carbocycles. The Bertz CT molecular complexity index is 1500. The maximum absolute atomic E-state index is 15.3. The zero-order valence-corrected chi connectivity index (χ0v) is 23.1. The van der Waals surface area contributed by atoms with Gasteiger partial charge in [-0.25, -0.2) is 8.78 Å².